The summed E-state index contributed by atoms with van der Waals surface area (Å²) in [6, 6.07) is 11.4. The van der Waals surface area contributed by atoms with Crippen LogP contribution in [0.25, 0.3) is 0 Å². The SMILES string of the molecule is COc1ccc(NC(=O)c2cc([N+](=O)[O-])ccc2N2CCC(C)CC2)cc1. The molecule has 1 aliphatic heterocycles. The zero-order chi connectivity index (χ0) is 19.4. The Hall–Kier alpha value is -3.09. The van der Waals surface area contributed by atoms with Crippen molar-refractivity contribution in [3.8, 4) is 5.75 Å². The molecule has 0 spiro atoms. The number of piperidine rings is 1. The summed E-state index contributed by atoms with van der Waals surface area (Å²) >= 11 is 0. The Labute approximate surface area is 158 Å². The largest absolute Gasteiger partial charge is 0.497 e. The molecule has 0 atom stereocenters. The fraction of sp³-hybridized carbons (Fsp3) is 0.350. The number of hydrogen-bond acceptors (Lipinski definition) is 5. The van der Waals surface area contributed by atoms with E-state index in [0.29, 0.717) is 22.9 Å². The van der Waals surface area contributed by atoms with Crippen molar-refractivity contribution in [2.24, 2.45) is 5.92 Å². The molecular weight excluding hydrogens is 346 g/mol. The summed E-state index contributed by atoms with van der Waals surface area (Å²) in [5.41, 5.74) is 1.56. The summed E-state index contributed by atoms with van der Waals surface area (Å²) in [6.07, 6.45) is 2.08. The number of hydrogen-bond donors (Lipinski definition) is 1. The number of amides is 1. The van der Waals surface area contributed by atoms with Gasteiger partial charge < -0.3 is 15.0 Å². The maximum Gasteiger partial charge on any atom is 0.270 e. The van der Waals surface area contributed by atoms with Crippen LogP contribution in [0.2, 0.25) is 0 Å². The van der Waals surface area contributed by atoms with Crippen molar-refractivity contribution >= 4 is 23.0 Å². The molecule has 2 aromatic carbocycles. The van der Waals surface area contributed by atoms with Gasteiger partial charge in [-0.1, -0.05) is 6.92 Å². The second-order valence-corrected chi connectivity index (χ2v) is 6.81. The Bertz CT molecular complexity index is 828. The first-order valence-corrected chi connectivity index (χ1v) is 8.96. The van der Waals surface area contributed by atoms with E-state index in [1.165, 1.54) is 12.1 Å². The van der Waals surface area contributed by atoms with Crippen LogP contribution in [0.5, 0.6) is 5.75 Å². The van der Waals surface area contributed by atoms with Crippen LogP contribution in [0.4, 0.5) is 17.1 Å². The second kappa shape index (κ2) is 8.07. The van der Waals surface area contributed by atoms with Gasteiger partial charge >= 0.3 is 0 Å². The lowest BCUT2D eigenvalue weighted by molar-refractivity contribution is -0.384. The van der Waals surface area contributed by atoms with E-state index >= 15 is 0 Å². The molecule has 0 saturated carbocycles. The number of rotatable bonds is 5. The molecule has 0 aromatic heterocycles. The molecule has 3 rings (SSSR count). The summed E-state index contributed by atoms with van der Waals surface area (Å²) in [6.45, 7) is 3.88. The van der Waals surface area contributed by atoms with E-state index in [4.69, 9.17) is 4.74 Å². The van der Waals surface area contributed by atoms with Gasteiger partial charge in [0.1, 0.15) is 5.75 Å². The van der Waals surface area contributed by atoms with Gasteiger partial charge in [0.05, 0.1) is 23.3 Å². The number of methoxy groups -OCH3 is 1. The predicted octanol–water partition coefficient (Wildman–Crippen LogP) is 4.09. The normalized spacial score (nSPS) is 14.7. The number of ether oxygens (including phenoxy) is 1. The quantitative estimate of drug-likeness (QED) is 0.634. The van der Waals surface area contributed by atoms with Gasteiger partial charge in [0.25, 0.3) is 11.6 Å². The fourth-order valence-corrected chi connectivity index (χ4v) is 3.22. The predicted molar refractivity (Wildman–Crippen MR) is 105 cm³/mol. The van der Waals surface area contributed by atoms with Crippen molar-refractivity contribution in [2.75, 3.05) is 30.4 Å². The first kappa shape index (κ1) is 18.7. The molecule has 27 heavy (non-hydrogen) atoms. The average molecular weight is 369 g/mol. The van der Waals surface area contributed by atoms with Crippen molar-refractivity contribution in [1.82, 2.24) is 0 Å². The minimum atomic E-state index is -0.480. The number of nitro benzene ring substituents is 1. The van der Waals surface area contributed by atoms with Crippen LogP contribution in [0.3, 0.4) is 0 Å². The standard InChI is InChI=1S/C20H23N3O4/c1-14-9-11-22(12-10-14)19-8-5-16(23(25)26)13-18(19)20(24)21-15-3-6-17(27-2)7-4-15/h3-8,13-14H,9-12H2,1-2H3,(H,21,24). The molecule has 1 fully saturated rings. The molecule has 1 aliphatic rings. The lowest BCUT2D eigenvalue weighted by Gasteiger charge is -2.33. The molecular formula is C20H23N3O4. The van der Waals surface area contributed by atoms with Crippen LogP contribution in [-0.4, -0.2) is 31.0 Å². The van der Waals surface area contributed by atoms with E-state index in [1.54, 1.807) is 37.4 Å². The molecule has 0 unspecified atom stereocenters. The molecule has 7 heteroatoms. The first-order valence-electron chi connectivity index (χ1n) is 8.96. The minimum absolute atomic E-state index is 0.0935. The molecule has 1 amide bonds. The smallest absolute Gasteiger partial charge is 0.270 e. The van der Waals surface area contributed by atoms with Gasteiger partial charge in [0.2, 0.25) is 0 Å². The first-order chi connectivity index (χ1) is 13.0. The maximum atomic E-state index is 12.9. The Morgan fingerprint density at radius 1 is 1.19 bits per heavy atom. The monoisotopic (exact) mass is 369 g/mol. The fourth-order valence-electron chi connectivity index (χ4n) is 3.22. The highest BCUT2D eigenvalue weighted by Gasteiger charge is 2.23. The van der Waals surface area contributed by atoms with E-state index in [2.05, 4.69) is 17.1 Å². The molecule has 7 nitrogen and oxygen atoms in total. The topological polar surface area (TPSA) is 84.7 Å². The number of nitrogens with zero attached hydrogens (tertiary/aromatic N) is 2. The van der Waals surface area contributed by atoms with E-state index in [-0.39, 0.29) is 11.6 Å². The lowest BCUT2D eigenvalue weighted by atomic mass is 9.98. The van der Waals surface area contributed by atoms with Gasteiger partial charge in [-0.25, -0.2) is 0 Å². The van der Waals surface area contributed by atoms with Crippen molar-refractivity contribution in [3.05, 3.63) is 58.1 Å². The van der Waals surface area contributed by atoms with Crippen molar-refractivity contribution in [2.45, 2.75) is 19.8 Å². The van der Waals surface area contributed by atoms with Crippen molar-refractivity contribution in [1.29, 1.82) is 0 Å². The average Bonchev–Trinajstić information content (AvgIpc) is 2.68. The number of nitrogens with one attached hydrogen (secondary N) is 1. The summed E-state index contributed by atoms with van der Waals surface area (Å²) < 4.78 is 5.11. The van der Waals surface area contributed by atoms with Crippen LogP contribution in [0.1, 0.15) is 30.1 Å². The number of benzene rings is 2. The zero-order valence-electron chi connectivity index (χ0n) is 15.5. The molecule has 2 aromatic rings. The summed E-state index contributed by atoms with van der Waals surface area (Å²) in [5, 5.41) is 14.0. The zero-order valence-corrected chi connectivity index (χ0v) is 15.5. The van der Waals surface area contributed by atoms with Gasteiger partial charge in [-0.05, 0) is 49.1 Å². The second-order valence-electron chi connectivity index (χ2n) is 6.81. The van der Waals surface area contributed by atoms with E-state index in [1.807, 2.05) is 0 Å². The van der Waals surface area contributed by atoms with Crippen LogP contribution >= 0.6 is 0 Å². The van der Waals surface area contributed by atoms with Crippen molar-refractivity contribution < 1.29 is 14.5 Å². The highest BCUT2D eigenvalue weighted by molar-refractivity contribution is 6.08. The molecule has 1 heterocycles. The van der Waals surface area contributed by atoms with Gasteiger partial charge in [-0.15, -0.1) is 0 Å². The molecule has 1 saturated heterocycles. The molecule has 0 bridgehead atoms. The molecule has 0 radical (unpaired) electrons. The Morgan fingerprint density at radius 2 is 1.85 bits per heavy atom. The van der Waals surface area contributed by atoms with Crippen LogP contribution in [-0.2, 0) is 0 Å². The molecule has 0 aliphatic carbocycles. The van der Waals surface area contributed by atoms with Crippen molar-refractivity contribution in [3.63, 3.8) is 0 Å². The Morgan fingerprint density at radius 3 is 2.44 bits per heavy atom. The summed E-state index contributed by atoms with van der Waals surface area (Å²) in [4.78, 5) is 25.7. The van der Waals surface area contributed by atoms with Crippen LogP contribution in [0.15, 0.2) is 42.5 Å². The van der Waals surface area contributed by atoms with Crippen LogP contribution in [0, 0.1) is 16.0 Å². The molecule has 142 valence electrons. The summed E-state index contributed by atoms with van der Waals surface area (Å²) in [7, 11) is 1.57. The van der Waals surface area contributed by atoms with E-state index < -0.39 is 4.92 Å². The van der Waals surface area contributed by atoms with E-state index in [0.717, 1.165) is 31.6 Å². The maximum absolute atomic E-state index is 12.9. The Kier molecular flexibility index (Phi) is 5.59. The van der Waals surface area contributed by atoms with Gasteiger partial charge in [-0.2, -0.15) is 0 Å². The lowest BCUT2D eigenvalue weighted by Crippen LogP contribution is -2.34. The van der Waals surface area contributed by atoms with Gasteiger partial charge in [0, 0.05) is 30.9 Å². The third kappa shape index (κ3) is 4.36. The third-order valence-electron chi connectivity index (χ3n) is 4.91. The highest BCUT2D eigenvalue weighted by atomic mass is 16.6. The number of nitro groups is 1. The highest BCUT2D eigenvalue weighted by Crippen LogP contribution is 2.30. The van der Waals surface area contributed by atoms with E-state index in [9.17, 15) is 14.9 Å². The Balaban J connectivity index is 1.89. The van der Waals surface area contributed by atoms with Gasteiger partial charge in [0.15, 0.2) is 0 Å². The number of non-ortho nitro benzene ring substituents is 1. The van der Waals surface area contributed by atoms with Crippen LogP contribution < -0.4 is 15.0 Å². The third-order valence-corrected chi connectivity index (χ3v) is 4.91. The number of carbonyl (C=O) groups excluding carboxylic acids is 1. The van der Waals surface area contributed by atoms with Gasteiger partial charge in [-0.3, -0.25) is 14.9 Å². The summed E-state index contributed by atoms with van der Waals surface area (Å²) in [5.74, 6) is 0.972. The minimum Gasteiger partial charge on any atom is -0.497 e. The number of carbonyl (C=O) groups is 1. The number of anilines is 2. The molecule has 1 N–H and O–H groups in total.